The Morgan fingerprint density at radius 1 is 0.548 bits per heavy atom. The number of aromatic nitrogens is 1. The van der Waals surface area contributed by atoms with Gasteiger partial charge in [-0.1, -0.05) is 60.7 Å². The maximum Gasteiger partial charge on any atom is 0.247 e. The number of hydrogen-bond donors (Lipinski definition) is 2. The fourth-order valence-corrected chi connectivity index (χ4v) is 12.3. The number of anilines is 2. The zero-order valence-electron chi connectivity index (χ0n) is 41.8. The molecule has 2 aliphatic carbocycles. The average Bonchev–Trinajstić information content (AvgIpc) is 3.85. The molecule has 10 atom stereocenters. The van der Waals surface area contributed by atoms with Gasteiger partial charge in [-0.05, 0) is 151 Å². The third kappa shape index (κ3) is 9.31. The second kappa shape index (κ2) is 19.7. The molecule has 6 amide bonds. The van der Waals surface area contributed by atoms with Gasteiger partial charge in [0.15, 0.2) is 5.76 Å². The van der Waals surface area contributed by atoms with Gasteiger partial charge >= 0.3 is 0 Å². The van der Waals surface area contributed by atoms with Crippen LogP contribution in [0.3, 0.4) is 0 Å². The molecule has 5 aromatic rings. The number of likely N-dealkylation sites (N-methyl/N-ethyl adjacent to an activating group) is 2. The highest BCUT2D eigenvalue weighted by atomic mass is 16.4. The van der Waals surface area contributed by atoms with E-state index in [1.807, 2.05) is 133 Å². The Labute approximate surface area is 425 Å². The van der Waals surface area contributed by atoms with Gasteiger partial charge in [-0.2, -0.15) is 0 Å². The number of benzene rings is 4. The molecule has 2 saturated carbocycles. The van der Waals surface area contributed by atoms with Gasteiger partial charge in [0, 0.05) is 47.7 Å². The van der Waals surface area contributed by atoms with Crippen LogP contribution in [0.2, 0.25) is 0 Å². The normalized spacial score (nSPS) is 25.6. The summed E-state index contributed by atoms with van der Waals surface area (Å²) in [5.41, 5.74) is 4.37. The number of nitrogens with one attached hydrogen (secondary N) is 2. The van der Waals surface area contributed by atoms with Gasteiger partial charge in [0.05, 0.1) is 6.20 Å². The second-order valence-corrected chi connectivity index (χ2v) is 21.2. The Balaban J connectivity index is 0.691. The summed E-state index contributed by atoms with van der Waals surface area (Å²) in [5.74, 6) is 0.555. The minimum atomic E-state index is -0.644. The van der Waals surface area contributed by atoms with Crippen molar-refractivity contribution >= 4 is 46.8 Å². The molecule has 4 saturated heterocycles. The molecule has 0 bridgehead atoms. The standard InChI is InChI=1S/C57H63N9O7/c1-61(2)49(35-13-7-5-8-14-35)56(71)65-44-29-38(44)31-46(65)54(69)63-27-11-17-42(63)51(67)59-40-23-19-34(20-24-40)48-33-58-53(73-48)37-21-25-41(26-22-37)60-52(68)43-18-12-28-64(43)55(70)47-32-39-30-45(39)66(47)57(72)50(62(3)4)36-15-9-6-10-16-36/h5-10,13-16,19-26,33,38-39,42-47,49-50H,11-12,17-18,27-32H2,1-4H3,(H,59,67)(H,60,68)/t38-,39-,42?,43-,44-,45-,46-,47-,49+,50+/m0/s1. The molecule has 0 spiro atoms. The Morgan fingerprint density at radius 2 is 0.973 bits per heavy atom. The van der Waals surface area contributed by atoms with Crippen molar-refractivity contribution in [3.63, 3.8) is 0 Å². The lowest BCUT2D eigenvalue weighted by molar-refractivity contribution is -0.149. The molecule has 4 aromatic carbocycles. The summed E-state index contributed by atoms with van der Waals surface area (Å²) in [7, 11) is 7.54. The minimum Gasteiger partial charge on any atom is -0.436 e. The zero-order chi connectivity index (χ0) is 50.7. The van der Waals surface area contributed by atoms with Crippen LogP contribution >= 0.6 is 0 Å². The second-order valence-electron chi connectivity index (χ2n) is 21.2. The van der Waals surface area contributed by atoms with Crippen molar-refractivity contribution in [1.82, 2.24) is 34.4 Å². The van der Waals surface area contributed by atoms with Crippen molar-refractivity contribution in [2.45, 2.75) is 99.7 Å². The van der Waals surface area contributed by atoms with Crippen molar-refractivity contribution in [2.75, 3.05) is 51.9 Å². The van der Waals surface area contributed by atoms with Crippen LogP contribution in [0.25, 0.3) is 22.8 Å². The lowest BCUT2D eigenvalue weighted by Gasteiger charge is -2.36. The highest BCUT2D eigenvalue weighted by Crippen LogP contribution is 2.51. The SMILES string of the molecule is CN(C)[C@@H](C(=O)N1[C@H](C(=O)N2CCCC2C(=O)Nc2ccc(-c3cnc(-c4ccc(NC(=O)[C@@H]5CCCN5C(=O)[C@@H]5C[C@@H]6C[C@@H]6N5C(=O)[C@@H](c5ccccc5)N(C)C)cc4)o3)cc2)C[C@@H]2C[C@@H]21)c1ccccc1. The molecule has 4 aliphatic heterocycles. The summed E-state index contributed by atoms with van der Waals surface area (Å²) >= 11 is 0. The van der Waals surface area contributed by atoms with Crippen molar-refractivity contribution in [3.05, 3.63) is 127 Å². The summed E-state index contributed by atoms with van der Waals surface area (Å²) in [6.07, 6.45) is 7.17. The maximum atomic E-state index is 14.3. The van der Waals surface area contributed by atoms with Crippen molar-refractivity contribution < 1.29 is 33.2 Å². The topological polar surface area (TPSA) is 172 Å². The Kier molecular flexibility index (Phi) is 13.0. The molecule has 16 nitrogen and oxygen atoms in total. The summed E-state index contributed by atoms with van der Waals surface area (Å²) in [6, 6.07) is 30.4. The highest BCUT2D eigenvalue weighted by Gasteiger charge is 2.60. The van der Waals surface area contributed by atoms with E-state index in [9.17, 15) is 28.8 Å². The van der Waals surface area contributed by atoms with E-state index in [4.69, 9.17) is 4.42 Å². The van der Waals surface area contributed by atoms with Crippen LogP contribution in [0, 0.1) is 11.8 Å². The van der Waals surface area contributed by atoms with Crippen LogP contribution in [0.15, 0.2) is 120 Å². The summed E-state index contributed by atoms with van der Waals surface area (Å²) < 4.78 is 6.18. The largest absolute Gasteiger partial charge is 0.436 e. The number of rotatable bonds is 14. The number of carbonyl (C=O) groups excluding carboxylic acids is 6. The number of nitrogens with zero attached hydrogens (tertiary/aromatic N) is 7. The molecular weight excluding hydrogens is 923 g/mol. The van der Waals surface area contributed by atoms with Crippen molar-refractivity contribution in [2.24, 2.45) is 11.8 Å². The number of amides is 6. The minimum absolute atomic E-state index is 0.0542. The molecule has 0 radical (unpaired) electrons. The van der Waals surface area contributed by atoms with Gasteiger partial charge in [0.2, 0.25) is 41.3 Å². The third-order valence-electron chi connectivity index (χ3n) is 16.0. The first-order valence-electron chi connectivity index (χ1n) is 25.8. The fourth-order valence-electron chi connectivity index (χ4n) is 12.3. The smallest absolute Gasteiger partial charge is 0.247 e. The quantitative estimate of drug-likeness (QED) is 0.126. The monoisotopic (exact) mass is 985 g/mol. The van der Waals surface area contributed by atoms with Crippen LogP contribution < -0.4 is 10.6 Å². The van der Waals surface area contributed by atoms with E-state index in [-0.39, 0.29) is 47.5 Å². The number of carbonyl (C=O) groups is 6. The molecule has 2 N–H and O–H groups in total. The molecule has 6 fully saturated rings. The molecule has 1 unspecified atom stereocenters. The van der Waals surface area contributed by atoms with Crippen LogP contribution in [0.5, 0.6) is 0 Å². The lowest BCUT2D eigenvalue weighted by Crippen LogP contribution is -2.54. The predicted octanol–water partition coefficient (Wildman–Crippen LogP) is 6.45. The average molecular weight is 986 g/mol. The number of hydrogen-bond acceptors (Lipinski definition) is 10. The first-order chi connectivity index (χ1) is 35.3. The van der Waals surface area contributed by atoms with Crippen molar-refractivity contribution in [1.29, 1.82) is 0 Å². The van der Waals surface area contributed by atoms with E-state index >= 15 is 0 Å². The van der Waals surface area contributed by atoms with Crippen molar-refractivity contribution in [3.8, 4) is 22.8 Å². The Morgan fingerprint density at radius 3 is 1.40 bits per heavy atom. The number of piperidine rings is 2. The summed E-state index contributed by atoms with van der Waals surface area (Å²) in [4.78, 5) is 100.0. The van der Waals surface area contributed by atoms with Gasteiger partial charge in [-0.3, -0.25) is 38.6 Å². The zero-order valence-corrected chi connectivity index (χ0v) is 41.8. The Bertz CT molecular complexity index is 2700. The van der Waals surface area contributed by atoms with Gasteiger partial charge in [0.25, 0.3) is 0 Å². The van der Waals surface area contributed by atoms with Crippen LogP contribution in [0.1, 0.15) is 74.6 Å². The first-order valence-corrected chi connectivity index (χ1v) is 25.8. The third-order valence-corrected chi connectivity index (χ3v) is 16.0. The maximum absolute atomic E-state index is 14.3. The molecule has 73 heavy (non-hydrogen) atoms. The number of fused-ring (bicyclic) bond motifs is 2. The van der Waals surface area contributed by atoms with Gasteiger partial charge < -0.3 is 34.7 Å². The molecule has 378 valence electrons. The van der Waals surface area contributed by atoms with Crippen LogP contribution in [-0.4, -0.2) is 147 Å². The lowest BCUT2D eigenvalue weighted by atomic mass is 10.0. The molecule has 11 rings (SSSR count). The van der Waals surface area contributed by atoms with E-state index in [0.29, 0.717) is 92.0 Å². The van der Waals surface area contributed by atoms with Gasteiger partial charge in [-0.15, -0.1) is 0 Å². The fraction of sp³-hybridized carbons (Fsp3) is 0.421. The molecular formula is C57H63N9O7. The molecule has 16 heteroatoms. The van der Waals surface area contributed by atoms with E-state index < -0.39 is 36.3 Å². The summed E-state index contributed by atoms with van der Waals surface area (Å²) in [6.45, 7) is 0.926. The van der Waals surface area contributed by atoms with E-state index in [1.54, 1.807) is 40.3 Å². The van der Waals surface area contributed by atoms with Gasteiger partial charge in [0.1, 0.15) is 36.3 Å². The van der Waals surface area contributed by atoms with Crippen LogP contribution in [0.4, 0.5) is 11.4 Å². The van der Waals surface area contributed by atoms with E-state index in [1.165, 1.54) is 0 Å². The molecule has 6 aliphatic rings. The molecule has 1 aromatic heterocycles. The first kappa shape index (κ1) is 48.1. The summed E-state index contributed by atoms with van der Waals surface area (Å²) in [5, 5.41) is 6.04. The van der Waals surface area contributed by atoms with Gasteiger partial charge in [-0.25, -0.2) is 4.98 Å². The number of likely N-dealkylation sites (tertiary alicyclic amines) is 4. The van der Waals surface area contributed by atoms with Crippen LogP contribution in [-0.2, 0) is 28.8 Å². The predicted molar refractivity (Wildman–Crippen MR) is 274 cm³/mol. The highest BCUT2D eigenvalue weighted by molar-refractivity contribution is 6.01. The van der Waals surface area contributed by atoms with E-state index in [0.717, 1.165) is 29.5 Å². The van der Waals surface area contributed by atoms with E-state index in [2.05, 4.69) is 15.6 Å². The number of oxazole rings is 1. The Hall–Kier alpha value is -7.17. The molecule has 5 heterocycles.